The fourth-order valence-corrected chi connectivity index (χ4v) is 2.05. The fraction of sp³-hybridized carbons (Fsp3) is 0.0714. The Hall–Kier alpha value is -1.45. The zero-order chi connectivity index (χ0) is 12.8. The first-order valence-corrected chi connectivity index (χ1v) is 6.57. The van der Waals surface area contributed by atoms with E-state index in [2.05, 4.69) is 0 Å². The van der Waals surface area contributed by atoms with Crippen molar-refractivity contribution in [2.75, 3.05) is 0 Å². The van der Waals surface area contributed by atoms with E-state index in [1.165, 1.54) is 0 Å². The van der Waals surface area contributed by atoms with Crippen LogP contribution in [0.4, 0.5) is 4.79 Å². The van der Waals surface area contributed by atoms with Crippen molar-refractivity contribution in [3.8, 4) is 0 Å². The Morgan fingerprint density at radius 2 is 1.72 bits per heavy atom. The van der Waals surface area contributed by atoms with Gasteiger partial charge in [0.25, 0.3) is 0 Å². The molecule has 0 radical (unpaired) electrons. The third kappa shape index (κ3) is 4.09. The first kappa shape index (κ1) is 13.0. The second-order valence-corrected chi connectivity index (χ2v) is 5.03. The molecule has 0 unspecified atom stereocenters. The number of rotatable bonds is 3. The lowest BCUT2D eigenvalue weighted by atomic mass is 10.2. The van der Waals surface area contributed by atoms with Crippen LogP contribution >= 0.6 is 23.4 Å². The number of benzene rings is 2. The molecule has 0 fully saturated rings. The largest absolute Gasteiger partial charge is 0.452 e. The highest BCUT2D eigenvalue weighted by Crippen LogP contribution is 2.22. The summed E-state index contributed by atoms with van der Waals surface area (Å²) >= 11 is 6.82. The van der Waals surface area contributed by atoms with Gasteiger partial charge in [-0.1, -0.05) is 41.9 Å². The van der Waals surface area contributed by atoms with Crippen LogP contribution in [0.5, 0.6) is 0 Å². The monoisotopic (exact) mass is 278 g/mol. The van der Waals surface area contributed by atoms with Crippen molar-refractivity contribution in [3.63, 3.8) is 0 Å². The second kappa shape index (κ2) is 6.47. The normalized spacial score (nSPS) is 10.1. The standard InChI is InChI=1S/C14H11ClO2S/c15-12-6-8-13(9-7-12)18-14(16)17-10-11-4-2-1-3-5-11/h1-9H,10H2. The van der Waals surface area contributed by atoms with Crippen LogP contribution in [0, 0.1) is 0 Å². The molecule has 2 rings (SSSR count). The van der Waals surface area contributed by atoms with E-state index in [9.17, 15) is 4.79 Å². The minimum absolute atomic E-state index is 0.292. The summed E-state index contributed by atoms with van der Waals surface area (Å²) in [5.74, 6) is 0. The number of carbonyl (C=O) groups is 1. The maximum atomic E-state index is 11.6. The lowest BCUT2D eigenvalue weighted by Gasteiger charge is -2.04. The van der Waals surface area contributed by atoms with Gasteiger partial charge in [-0.15, -0.1) is 0 Å². The summed E-state index contributed by atoms with van der Waals surface area (Å²) in [5.41, 5.74) is 0.975. The number of thioether (sulfide) groups is 1. The molecule has 0 aliphatic carbocycles. The van der Waals surface area contributed by atoms with Crippen molar-refractivity contribution < 1.29 is 9.53 Å². The maximum Gasteiger partial charge on any atom is 0.372 e. The molecule has 0 aromatic heterocycles. The number of ether oxygens (including phenoxy) is 1. The molecule has 0 atom stereocenters. The Kier molecular flexibility index (Phi) is 4.67. The van der Waals surface area contributed by atoms with Crippen molar-refractivity contribution in [2.24, 2.45) is 0 Å². The molecule has 0 aliphatic heterocycles. The van der Waals surface area contributed by atoms with Crippen LogP contribution in [-0.4, -0.2) is 5.30 Å². The van der Waals surface area contributed by atoms with Crippen molar-refractivity contribution in [1.29, 1.82) is 0 Å². The smallest absolute Gasteiger partial charge is 0.372 e. The van der Waals surface area contributed by atoms with Crippen LogP contribution in [0.25, 0.3) is 0 Å². The number of halogens is 1. The lowest BCUT2D eigenvalue weighted by Crippen LogP contribution is -1.97. The molecule has 0 amide bonds. The van der Waals surface area contributed by atoms with Gasteiger partial charge < -0.3 is 4.74 Å². The van der Waals surface area contributed by atoms with Gasteiger partial charge in [-0.05, 0) is 41.6 Å². The highest BCUT2D eigenvalue weighted by atomic mass is 35.5. The number of hydrogen-bond acceptors (Lipinski definition) is 3. The van der Waals surface area contributed by atoms with Crippen LogP contribution in [0.15, 0.2) is 59.5 Å². The van der Waals surface area contributed by atoms with E-state index in [1.54, 1.807) is 24.3 Å². The molecule has 0 heterocycles. The van der Waals surface area contributed by atoms with Gasteiger partial charge in [0.2, 0.25) is 0 Å². The average Bonchev–Trinajstić information content (AvgIpc) is 2.40. The Labute approximate surface area is 115 Å². The SMILES string of the molecule is O=C(OCc1ccccc1)Sc1ccc(Cl)cc1. The van der Waals surface area contributed by atoms with Gasteiger partial charge in [0.05, 0.1) is 0 Å². The lowest BCUT2D eigenvalue weighted by molar-refractivity contribution is 0.168. The van der Waals surface area contributed by atoms with Crippen LogP contribution in [-0.2, 0) is 11.3 Å². The maximum absolute atomic E-state index is 11.6. The molecule has 18 heavy (non-hydrogen) atoms. The van der Waals surface area contributed by atoms with Gasteiger partial charge in [-0.25, -0.2) is 4.79 Å². The quantitative estimate of drug-likeness (QED) is 0.598. The van der Waals surface area contributed by atoms with Gasteiger partial charge >= 0.3 is 5.30 Å². The molecular weight excluding hydrogens is 268 g/mol. The molecule has 0 bridgehead atoms. The molecule has 4 heteroatoms. The summed E-state index contributed by atoms with van der Waals surface area (Å²) in [5, 5.41) is 0.332. The third-order valence-corrected chi connectivity index (χ3v) is 3.26. The van der Waals surface area contributed by atoms with Crippen LogP contribution < -0.4 is 0 Å². The summed E-state index contributed by atoms with van der Waals surface area (Å²) in [6, 6.07) is 16.6. The predicted molar refractivity (Wildman–Crippen MR) is 73.9 cm³/mol. The van der Waals surface area contributed by atoms with E-state index in [0.717, 1.165) is 22.2 Å². The zero-order valence-electron chi connectivity index (χ0n) is 9.51. The summed E-state index contributed by atoms with van der Waals surface area (Å²) < 4.78 is 5.15. The fourth-order valence-electron chi connectivity index (χ4n) is 1.34. The van der Waals surface area contributed by atoms with E-state index in [1.807, 2.05) is 30.3 Å². The Morgan fingerprint density at radius 3 is 2.39 bits per heavy atom. The molecule has 0 saturated heterocycles. The minimum atomic E-state index is -0.318. The summed E-state index contributed by atoms with van der Waals surface area (Å²) in [6.07, 6.45) is 0. The molecule has 92 valence electrons. The van der Waals surface area contributed by atoms with Crippen LogP contribution in [0.1, 0.15) is 5.56 Å². The van der Waals surface area contributed by atoms with Crippen LogP contribution in [0.2, 0.25) is 5.02 Å². The Balaban J connectivity index is 1.84. The van der Waals surface area contributed by atoms with Gasteiger partial charge in [-0.3, -0.25) is 0 Å². The second-order valence-electron chi connectivity index (χ2n) is 3.58. The minimum Gasteiger partial charge on any atom is -0.452 e. The van der Waals surface area contributed by atoms with Crippen molar-refractivity contribution in [3.05, 3.63) is 65.2 Å². The average molecular weight is 279 g/mol. The molecular formula is C14H11ClO2S. The first-order valence-electron chi connectivity index (χ1n) is 5.38. The Bertz CT molecular complexity index is 511. The van der Waals surface area contributed by atoms with Crippen molar-refractivity contribution in [2.45, 2.75) is 11.5 Å². The predicted octanol–water partition coefficient (Wildman–Crippen LogP) is 4.77. The van der Waals surface area contributed by atoms with Gasteiger partial charge in [0.15, 0.2) is 0 Å². The summed E-state index contributed by atoms with van der Waals surface area (Å²) in [4.78, 5) is 12.4. The summed E-state index contributed by atoms with van der Waals surface area (Å²) in [6.45, 7) is 0.292. The number of hydrogen-bond donors (Lipinski definition) is 0. The highest BCUT2D eigenvalue weighted by molar-refractivity contribution is 8.13. The van der Waals surface area contributed by atoms with Crippen LogP contribution in [0.3, 0.4) is 0 Å². The molecule has 0 N–H and O–H groups in total. The number of carbonyl (C=O) groups excluding carboxylic acids is 1. The van der Waals surface area contributed by atoms with E-state index in [4.69, 9.17) is 16.3 Å². The first-order chi connectivity index (χ1) is 8.74. The zero-order valence-corrected chi connectivity index (χ0v) is 11.1. The van der Waals surface area contributed by atoms with E-state index >= 15 is 0 Å². The molecule has 2 aromatic rings. The van der Waals surface area contributed by atoms with Gasteiger partial charge in [0, 0.05) is 9.92 Å². The van der Waals surface area contributed by atoms with Gasteiger partial charge in [0.1, 0.15) is 6.61 Å². The van der Waals surface area contributed by atoms with Crippen molar-refractivity contribution in [1.82, 2.24) is 0 Å². The van der Waals surface area contributed by atoms with E-state index in [-0.39, 0.29) is 5.30 Å². The van der Waals surface area contributed by atoms with Crippen molar-refractivity contribution >= 4 is 28.7 Å². The summed E-state index contributed by atoms with van der Waals surface area (Å²) in [7, 11) is 0. The Morgan fingerprint density at radius 1 is 1.06 bits per heavy atom. The third-order valence-electron chi connectivity index (χ3n) is 2.21. The molecule has 0 saturated carbocycles. The highest BCUT2D eigenvalue weighted by Gasteiger charge is 2.06. The van der Waals surface area contributed by atoms with E-state index in [0.29, 0.717) is 11.6 Å². The molecule has 0 aliphatic rings. The molecule has 0 spiro atoms. The molecule has 2 nitrogen and oxygen atoms in total. The van der Waals surface area contributed by atoms with Gasteiger partial charge in [-0.2, -0.15) is 0 Å². The van der Waals surface area contributed by atoms with E-state index < -0.39 is 0 Å². The topological polar surface area (TPSA) is 26.3 Å². The molecule has 2 aromatic carbocycles.